The molecular weight excluding hydrogens is 282 g/mol. The Kier molecular flexibility index (Phi) is 2.45. The normalized spacial score (nSPS) is 40.5. The maximum absolute atomic E-state index is 12.3. The average molecular weight is 303 g/mol. The highest BCUT2D eigenvalue weighted by atomic mass is 16.7. The Morgan fingerprint density at radius 1 is 1.36 bits per heavy atom. The zero-order valence-electron chi connectivity index (χ0n) is 13.3. The van der Waals surface area contributed by atoms with Crippen LogP contribution in [0.2, 0.25) is 0 Å². The fourth-order valence-corrected chi connectivity index (χ4v) is 4.97. The number of methoxy groups -OCH3 is 1. The Morgan fingerprint density at radius 2 is 2.05 bits per heavy atom. The highest BCUT2D eigenvalue weighted by Gasteiger charge is 2.80. The minimum absolute atomic E-state index is 0.0317. The molecule has 0 bridgehead atoms. The standard InChI is InChI=1S/C17H21NO4/c1-15(2)9-12-16(3)10-7-5-6-8-11(10)18(14(19)21-4)13(16)17(12,20)22-15/h5-8,12-13,20H,9H2,1-4H3/t12-,13-,16-,17?/m1/s1. The molecule has 4 rings (SSSR count). The average Bonchev–Trinajstić information content (AvgIpc) is 2.86. The molecule has 3 aliphatic rings. The van der Waals surface area contributed by atoms with E-state index < -0.39 is 23.5 Å². The van der Waals surface area contributed by atoms with Crippen LogP contribution in [0.1, 0.15) is 32.8 Å². The van der Waals surface area contributed by atoms with Gasteiger partial charge in [-0.2, -0.15) is 0 Å². The molecule has 1 unspecified atom stereocenters. The number of para-hydroxylation sites is 1. The summed E-state index contributed by atoms with van der Waals surface area (Å²) in [5, 5.41) is 11.1. The lowest BCUT2D eigenvalue weighted by molar-refractivity contribution is -0.303. The zero-order chi connectivity index (χ0) is 15.9. The summed E-state index contributed by atoms with van der Waals surface area (Å²) >= 11 is 0. The fourth-order valence-electron chi connectivity index (χ4n) is 4.97. The Morgan fingerprint density at radius 3 is 2.73 bits per heavy atom. The van der Waals surface area contributed by atoms with Crippen molar-refractivity contribution in [3.8, 4) is 0 Å². The maximum Gasteiger partial charge on any atom is 0.414 e. The van der Waals surface area contributed by atoms with Gasteiger partial charge >= 0.3 is 6.09 Å². The molecule has 22 heavy (non-hydrogen) atoms. The van der Waals surface area contributed by atoms with Crippen molar-refractivity contribution in [3.05, 3.63) is 29.8 Å². The van der Waals surface area contributed by atoms with Crippen LogP contribution >= 0.6 is 0 Å². The first-order valence-corrected chi connectivity index (χ1v) is 7.65. The molecule has 1 saturated carbocycles. The van der Waals surface area contributed by atoms with Gasteiger partial charge in [0.25, 0.3) is 0 Å². The molecule has 0 aromatic heterocycles. The SMILES string of the molecule is COC(=O)N1c2ccccc2[C@]2(C)[C@H]3CC(C)(C)OC3(O)[C@H]12. The van der Waals surface area contributed by atoms with Crippen LogP contribution in [0.3, 0.4) is 0 Å². The van der Waals surface area contributed by atoms with E-state index in [0.29, 0.717) is 0 Å². The largest absolute Gasteiger partial charge is 0.452 e. The molecule has 2 fully saturated rings. The van der Waals surface area contributed by atoms with Crippen molar-refractivity contribution < 1.29 is 19.4 Å². The van der Waals surface area contributed by atoms with Crippen molar-refractivity contribution in [1.29, 1.82) is 0 Å². The number of anilines is 1. The van der Waals surface area contributed by atoms with Gasteiger partial charge in [0.05, 0.1) is 18.4 Å². The van der Waals surface area contributed by atoms with Crippen molar-refractivity contribution in [1.82, 2.24) is 0 Å². The van der Waals surface area contributed by atoms with E-state index in [-0.39, 0.29) is 11.3 Å². The second-order valence-electron chi connectivity index (χ2n) is 7.41. The molecule has 2 aliphatic heterocycles. The lowest BCUT2D eigenvalue weighted by Crippen LogP contribution is -2.76. The maximum atomic E-state index is 12.3. The quantitative estimate of drug-likeness (QED) is 0.799. The van der Waals surface area contributed by atoms with Crippen molar-refractivity contribution >= 4 is 11.8 Å². The summed E-state index contributed by atoms with van der Waals surface area (Å²) in [4.78, 5) is 13.9. The smallest absolute Gasteiger partial charge is 0.414 e. The third-order valence-corrected chi connectivity index (χ3v) is 5.69. The van der Waals surface area contributed by atoms with Gasteiger partial charge in [-0.15, -0.1) is 0 Å². The molecule has 2 heterocycles. The van der Waals surface area contributed by atoms with Gasteiger partial charge < -0.3 is 14.6 Å². The van der Waals surface area contributed by atoms with Gasteiger partial charge in [0.15, 0.2) is 5.79 Å². The lowest BCUT2D eigenvalue weighted by Gasteiger charge is -2.59. The molecule has 1 N–H and O–H groups in total. The number of fused-ring (bicyclic) bond motifs is 6. The summed E-state index contributed by atoms with van der Waals surface area (Å²) in [5.74, 6) is -1.35. The first-order valence-electron chi connectivity index (χ1n) is 7.65. The minimum atomic E-state index is -1.31. The van der Waals surface area contributed by atoms with Crippen LogP contribution in [-0.4, -0.2) is 35.7 Å². The van der Waals surface area contributed by atoms with Crippen molar-refractivity contribution in [3.63, 3.8) is 0 Å². The molecular formula is C17H21NO4. The molecule has 1 amide bonds. The molecule has 1 aliphatic carbocycles. The number of carbonyl (C=O) groups is 1. The summed E-state index contributed by atoms with van der Waals surface area (Å²) in [7, 11) is 1.36. The van der Waals surface area contributed by atoms with Crippen molar-refractivity contribution in [2.75, 3.05) is 12.0 Å². The summed E-state index contributed by atoms with van der Waals surface area (Å²) in [5.41, 5.74) is 1.18. The van der Waals surface area contributed by atoms with Crippen LogP contribution in [0.15, 0.2) is 24.3 Å². The Bertz CT molecular complexity index is 672. The summed E-state index contributed by atoms with van der Waals surface area (Å²) in [6.45, 7) is 6.08. The van der Waals surface area contributed by atoms with Crippen LogP contribution < -0.4 is 4.90 Å². The number of hydrogen-bond acceptors (Lipinski definition) is 4. The lowest BCUT2D eigenvalue weighted by atomic mass is 9.51. The van der Waals surface area contributed by atoms with Gasteiger partial charge in [0, 0.05) is 11.3 Å². The Balaban J connectivity index is 1.90. The molecule has 1 aromatic carbocycles. The Labute approximate surface area is 129 Å². The van der Waals surface area contributed by atoms with Crippen molar-refractivity contribution in [2.45, 2.75) is 50.0 Å². The molecule has 5 heteroatoms. The predicted molar refractivity (Wildman–Crippen MR) is 80.7 cm³/mol. The van der Waals surface area contributed by atoms with E-state index in [4.69, 9.17) is 9.47 Å². The molecule has 1 saturated heterocycles. The first-order chi connectivity index (χ1) is 10.3. The molecule has 1 aromatic rings. The van der Waals surface area contributed by atoms with Gasteiger partial charge in [-0.25, -0.2) is 4.79 Å². The third-order valence-electron chi connectivity index (χ3n) is 5.69. The molecule has 118 valence electrons. The molecule has 4 atom stereocenters. The fraction of sp³-hybridized carbons (Fsp3) is 0.588. The van der Waals surface area contributed by atoms with Crippen LogP contribution in [0.4, 0.5) is 10.5 Å². The van der Waals surface area contributed by atoms with Gasteiger partial charge in [-0.1, -0.05) is 25.1 Å². The predicted octanol–water partition coefficient (Wildman–Crippen LogP) is 2.42. The van der Waals surface area contributed by atoms with Gasteiger partial charge in [0.1, 0.15) is 6.04 Å². The van der Waals surface area contributed by atoms with E-state index in [1.165, 1.54) is 7.11 Å². The zero-order valence-corrected chi connectivity index (χ0v) is 13.3. The highest BCUT2D eigenvalue weighted by molar-refractivity contribution is 5.94. The topological polar surface area (TPSA) is 59.0 Å². The third kappa shape index (κ3) is 1.35. The molecule has 0 spiro atoms. The van der Waals surface area contributed by atoms with Gasteiger partial charge in [-0.3, -0.25) is 4.90 Å². The number of nitrogens with zero attached hydrogens (tertiary/aromatic N) is 1. The molecule has 5 nitrogen and oxygen atoms in total. The number of benzene rings is 1. The summed E-state index contributed by atoms with van der Waals surface area (Å²) < 4.78 is 10.9. The van der Waals surface area contributed by atoms with Crippen LogP contribution in [0.25, 0.3) is 0 Å². The van der Waals surface area contributed by atoms with Crippen LogP contribution in [0, 0.1) is 5.92 Å². The van der Waals surface area contributed by atoms with Crippen LogP contribution in [-0.2, 0) is 14.9 Å². The minimum Gasteiger partial charge on any atom is -0.452 e. The Hall–Kier alpha value is -1.59. The first kappa shape index (κ1) is 14.0. The number of hydrogen-bond donors (Lipinski definition) is 1. The number of rotatable bonds is 0. The highest BCUT2D eigenvalue weighted by Crippen LogP contribution is 2.69. The molecule has 0 radical (unpaired) electrons. The number of ether oxygens (including phenoxy) is 2. The van der Waals surface area contributed by atoms with Crippen LogP contribution in [0.5, 0.6) is 0 Å². The van der Waals surface area contributed by atoms with Crippen molar-refractivity contribution in [2.24, 2.45) is 5.92 Å². The number of aliphatic hydroxyl groups is 1. The van der Waals surface area contributed by atoms with Gasteiger partial charge in [-0.05, 0) is 31.9 Å². The van der Waals surface area contributed by atoms with E-state index in [1.54, 1.807) is 4.90 Å². The summed E-state index contributed by atoms with van der Waals surface area (Å²) in [6.07, 6.45) is 0.307. The van der Waals surface area contributed by atoms with E-state index in [1.807, 2.05) is 38.1 Å². The van der Waals surface area contributed by atoms with E-state index in [9.17, 15) is 9.90 Å². The number of amides is 1. The van der Waals surface area contributed by atoms with Gasteiger partial charge in [0.2, 0.25) is 0 Å². The van der Waals surface area contributed by atoms with E-state index >= 15 is 0 Å². The van der Waals surface area contributed by atoms with E-state index in [0.717, 1.165) is 17.7 Å². The van der Waals surface area contributed by atoms with E-state index in [2.05, 4.69) is 6.92 Å². The second kappa shape index (κ2) is 3.84. The summed E-state index contributed by atoms with van der Waals surface area (Å²) in [6, 6.07) is 7.36. The number of carbonyl (C=O) groups excluding carboxylic acids is 1. The second-order valence-corrected chi connectivity index (χ2v) is 7.41. The monoisotopic (exact) mass is 303 g/mol.